The van der Waals surface area contributed by atoms with Gasteiger partial charge in [0, 0.05) is 26.2 Å². The standard InChI is InChI=1S/C15H19N3O4/c19-14(16-3-4-18-5-7-21-8-6-18)10-11-1-2-13-12(9-11)17-15(20)22-13/h1-2,9H,3-8,10H2,(H,16,19)(H,17,20). The fourth-order valence-corrected chi connectivity index (χ4v) is 2.54. The molecule has 1 aliphatic heterocycles. The lowest BCUT2D eigenvalue weighted by molar-refractivity contribution is -0.120. The summed E-state index contributed by atoms with van der Waals surface area (Å²) in [6.07, 6.45) is 0.284. The van der Waals surface area contributed by atoms with E-state index in [1.165, 1.54) is 0 Å². The predicted molar refractivity (Wildman–Crippen MR) is 80.8 cm³/mol. The third-order valence-electron chi connectivity index (χ3n) is 3.70. The van der Waals surface area contributed by atoms with Crippen LogP contribution in [0.15, 0.2) is 27.4 Å². The van der Waals surface area contributed by atoms with E-state index in [1.807, 2.05) is 0 Å². The van der Waals surface area contributed by atoms with Crippen molar-refractivity contribution >= 4 is 17.0 Å². The second-order valence-corrected chi connectivity index (χ2v) is 5.33. The number of amides is 1. The highest BCUT2D eigenvalue weighted by Gasteiger charge is 2.11. The van der Waals surface area contributed by atoms with Gasteiger partial charge in [0.05, 0.1) is 25.2 Å². The second-order valence-electron chi connectivity index (χ2n) is 5.33. The Morgan fingerprint density at radius 2 is 2.14 bits per heavy atom. The van der Waals surface area contributed by atoms with Gasteiger partial charge in [-0.25, -0.2) is 4.79 Å². The van der Waals surface area contributed by atoms with Gasteiger partial charge in [-0.1, -0.05) is 6.07 Å². The maximum atomic E-state index is 11.9. The van der Waals surface area contributed by atoms with Gasteiger partial charge in [0.1, 0.15) is 0 Å². The lowest BCUT2D eigenvalue weighted by Gasteiger charge is -2.26. The molecule has 1 aliphatic rings. The molecule has 0 spiro atoms. The van der Waals surface area contributed by atoms with Crippen LogP contribution in [0.3, 0.4) is 0 Å². The van der Waals surface area contributed by atoms with E-state index >= 15 is 0 Å². The molecule has 0 bridgehead atoms. The van der Waals surface area contributed by atoms with E-state index in [2.05, 4.69) is 15.2 Å². The molecule has 0 unspecified atom stereocenters. The highest BCUT2D eigenvalue weighted by molar-refractivity contribution is 5.80. The number of carbonyl (C=O) groups is 1. The molecular weight excluding hydrogens is 286 g/mol. The van der Waals surface area contributed by atoms with Crippen molar-refractivity contribution in [2.45, 2.75) is 6.42 Å². The minimum Gasteiger partial charge on any atom is -0.408 e. The number of carbonyl (C=O) groups excluding carboxylic acids is 1. The molecule has 0 radical (unpaired) electrons. The van der Waals surface area contributed by atoms with Crippen molar-refractivity contribution in [1.82, 2.24) is 15.2 Å². The van der Waals surface area contributed by atoms with Crippen LogP contribution in [-0.2, 0) is 16.0 Å². The van der Waals surface area contributed by atoms with E-state index in [1.54, 1.807) is 18.2 Å². The Kier molecular flexibility index (Phi) is 4.55. The Labute approximate surface area is 127 Å². The molecule has 1 aromatic carbocycles. The molecular formula is C15H19N3O4. The topological polar surface area (TPSA) is 87.6 Å². The van der Waals surface area contributed by atoms with Crippen LogP contribution in [0, 0.1) is 0 Å². The lowest BCUT2D eigenvalue weighted by atomic mass is 10.1. The summed E-state index contributed by atoms with van der Waals surface area (Å²) in [5, 5.41) is 2.91. The number of ether oxygens (including phenoxy) is 1. The first-order valence-corrected chi connectivity index (χ1v) is 7.39. The summed E-state index contributed by atoms with van der Waals surface area (Å²) in [6, 6.07) is 5.26. The van der Waals surface area contributed by atoms with E-state index in [-0.39, 0.29) is 12.3 Å². The molecule has 1 aromatic heterocycles. The van der Waals surface area contributed by atoms with E-state index < -0.39 is 5.76 Å². The number of H-pyrrole nitrogens is 1. The van der Waals surface area contributed by atoms with E-state index in [4.69, 9.17) is 9.15 Å². The van der Waals surface area contributed by atoms with Crippen LogP contribution in [-0.4, -0.2) is 55.2 Å². The molecule has 7 nitrogen and oxygen atoms in total. The number of rotatable bonds is 5. The number of benzene rings is 1. The van der Waals surface area contributed by atoms with Crippen LogP contribution >= 0.6 is 0 Å². The first-order valence-electron chi connectivity index (χ1n) is 7.39. The summed E-state index contributed by atoms with van der Waals surface area (Å²) in [5.74, 6) is -0.513. The number of hydrogen-bond acceptors (Lipinski definition) is 5. The molecule has 2 heterocycles. The monoisotopic (exact) mass is 305 g/mol. The molecule has 0 saturated carbocycles. The molecule has 118 valence electrons. The van der Waals surface area contributed by atoms with Gasteiger partial charge in [-0.15, -0.1) is 0 Å². The SMILES string of the molecule is O=C(Cc1ccc2oc(=O)[nH]c2c1)NCCN1CCOCC1. The average molecular weight is 305 g/mol. The van der Waals surface area contributed by atoms with Gasteiger partial charge in [-0.3, -0.25) is 14.7 Å². The number of nitrogens with zero attached hydrogens (tertiary/aromatic N) is 1. The summed E-state index contributed by atoms with van der Waals surface area (Å²) < 4.78 is 10.2. The van der Waals surface area contributed by atoms with Crippen molar-refractivity contribution in [3.8, 4) is 0 Å². The number of fused-ring (bicyclic) bond motifs is 1. The fourth-order valence-electron chi connectivity index (χ4n) is 2.54. The zero-order chi connectivity index (χ0) is 15.4. The minimum absolute atomic E-state index is 0.0292. The Morgan fingerprint density at radius 3 is 2.95 bits per heavy atom. The molecule has 2 N–H and O–H groups in total. The molecule has 2 aromatic rings. The number of hydrogen-bond donors (Lipinski definition) is 2. The van der Waals surface area contributed by atoms with Crippen molar-refractivity contribution in [2.75, 3.05) is 39.4 Å². The van der Waals surface area contributed by atoms with Crippen LogP contribution in [0.4, 0.5) is 0 Å². The van der Waals surface area contributed by atoms with E-state index in [0.717, 1.165) is 38.4 Å². The van der Waals surface area contributed by atoms with Crippen molar-refractivity contribution in [1.29, 1.82) is 0 Å². The summed E-state index contributed by atoms with van der Waals surface area (Å²) in [7, 11) is 0. The first kappa shape index (κ1) is 14.8. The zero-order valence-corrected chi connectivity index (χ0v) is 12.3. The van der Waals surface area contributed by atoms with Crippen molar-refractivity contribution < 1.29 is 13.9 Å². The van der Waals surface area contributed by atoms with E-state index in [9.17, 15) is 9.59 Å². The van der Waals surface area contributed by atoms with Crippen LogP contribution < -0.4 is 11.1 Å². The fraction of sp³-hybridized carbons (Fsp3) is 0.467. The maximum absolute atomic E-state index is 11.9. The van der Waals surface area contributed by atoms with Gasteiger partial charge in [-0.05, 0) is 17.7 Å². The number of morpholine rings is 1. The molecule has 7 heteroatoms. The van der Waals surface area contributed by atoms with Crippen LogP contribution in [0.1, 0.15) is 5.56 Å². The number of aromatic nitrogens is 1. The Balaban J connectivity index is 1.48. The molecule has 1 fully saturated rings. The molecule has 0 aliphatic carbocycles. The lowest BCUT2D eigenvalue weighted by Crippen LogP contribution is -2.41. The summed E-state index contributed by atoms with van der Waals surface area (Å²) >= 11 is 0. The van der Waals surface area contributed by atoms with Gasteiger partial charge in [-0.2, -0.15) is 0 Å². The quantitative estimate of drug-likeness (QED) is 0.819. The molecule has 0 atom stereocenters. The van der Waals surface area contributed by atoms with Gasteiger partial charge in [0.15, 0.2) is 5.58 Å². The maximum Gasteiger partial charge on any atom is 0.417 e. The highest BCUT2D eigenvalue weighted by atomic mass is 16.5. The minimum atomic E-state index is -0.484. The molecule has 1 saturated heterocycles. The highest BCUT2D eigenvalue weighted by Crippen LogP contribution is 2.12. The summed E-state index contributed by atoms with van der Waals surface area (Å²) in [4.78, 5) is 27.9. The van der Waals surface area contributed by atoms with E-state index in [0.29, 0.717) is 17.6 Å². The van der Waals surface area contributed by atoms with Crippen molar-refractivity contribution in [2.24, 2.45) is 0 Å². The van der Waals surface area contributed by atoms with Crippen molar-refractivity contribution in [3.63, 3.8) is 0 Å². The molecule has 3 rings (SSSR count). The number of oxazole rings is 1. The Morgan fingerprint density at radius 1 is 1.32 bits per heavy atom. The largest absolute Gasteiger partial charge is 0.417 e. The van der Waals surface area contributed by atoms with Crippen LogP contribution in [0.25, 0.3) is 11.1 Å². The number of aromatic amines is 1. The van der Waals surface area contributed by atoms with Crippen LogP contribution in [0.5, 0.6) is 0 Å². The Bertz CT molecular complexity index is 700. The second kappa shape index (κ2) is 6.76. The zero-order valence-electron chi connectivity index (χ0n) is 12.3. The van der Waals surface area contributed by atoms with Crippen LogP contribution in [0.2, 0.25) is 0 Å². The van der Waals surface area contributed by atoms with Crippen molar-refractivity contribution in [3.05, 3.63) is 34.3 Å². The normalized spacial score (nSPS) is 16.0. The Hall–Kier alpha value is -2.12. The number of nitrogens with one attached hydrogen (secondary N) is 2. The summed E-state index contributed by atoms with van der Waals surface area (Å²) in [5.41, 5.74) is 1.96. The summed E-state index contributed by atoms with van der Waals surface area (Å²) in [6.45, 7) is 4.82. The van der Waals surface area contributed by atoms with Gasteiger partial charge >= 0.3 is 5.76 Å². The third kappa shape index (κ3) is 3.75. The molecule has 22 heavy (non-hydrogen) atoms. The molecule has 1 amide bonds. The third-order valence-corrected chi connectivity index (χ3v) is 3.70. The smallest absolute Gasteiger partial charge is 0.408 e. The van der Waals surface area contributed by atoms with Gasteiger partial charge in [0.25, 0.3) is 0 Å². The first-order chi connectivity index (χ1) is 10.7. The predicted octanol–water partition coefficient (Wildman–Crippen LogP) is 0.112. The average Bonchev–Trinajstić information content (AvgIpc) is 2.87. The van der Waals surface area contributed by atoms with Gasteiger partial charge in [0.2, 0.25) is 5.91 Å². The van der Waals surface area contributed by atoms with Gasteiger partial charge < -0.3 is 14.5 Å².